The third kappa shape index (κ3) is 3.06. The number of allylic oxidation sites excluding steroid dienone is 1. The lowest BCUT2D eigenvalue weighted by atomic mass is 9.97. The van der Waals surface area contributed by atoms with Crippen molar-refractivity contribution in [2.45, 2.75) is 39.7 Å². The summed E-state index contributed by atoms with van der Waals surface area (Å²) in [4.78, 5) is 0. The van der Waals surface area contributed by atoms with Gasteiger partial charge in [-0.25, -0.2) is 0 Å². The van der Waals surface area contributed by atoms with Crippen molar-refractivity contribution in [3.05, 3.63) is 11.6 Å². The molecule has 1 rings (SSSR count). The van der Waals surface area contributed by atoms with Gasteiger partial charge in [0.15, 0.2) is 0 Å². The molecule has 1 aliphatic rings. The lowest BCUT2D eigenvalue weighted by Gasteiger charge is -2.25. The van der Waals surface area contributed by atoms with Crippen LogP contribution in [0, 0.1) is 5.92 Å². The minimum atomic E-state index is 0.392. The first-order valence-corrected chi connectivity index (χ1v) is 4.45. The minimum absolute atomic E-state index is 0.392. The van der Waals surface area contributed by atoms with Crippen molar-refractivity contribution in [2.24, 2.45) is 5.92 Å². The van der Waals surface area contributed by atoms with E-state index in [-0.39, 0.29) is 0 Å². The average Bonchev–Trinajstić information content (AvgIpc) is 1.85. The molecular weight excluding hydrogens is 136 g/mol. The van der Waals surface area contributed by atoms with Gasteiger partial charge in [-0.2, -0.15) is 0 Å². The molecule has 1 heterocycles. The molecule has 0 aromatic carbocycles. The maximum absolute atomic E-state index is 5.58. The predicted molar refractivity (Wildman–Crippen MR) is 47.6 cm³/mol. The van der Waals surface area contributed by atoms with Crippen LogP contribution in [0.1, 0.15) is 33.6 Å². The van der Waals surface area contributed by atoms with Gasteiger partial charge in [0.1, 0.15) is 0 Å². The van der Waals surface area contributed by atoms with E-state index in [0.717, 1.165) is 12.5 Å². The molecule has 1 aliphatic heterocycles. The first-order valence-electron chi connectivity index (χ1n) is 4.45. The summed E-state index contributed by atoms with van der Waals surface area (Å²) in [6.07, 6.45) is 5.05. The first-order chi connectivity index (χ1) is 5.18. The SMILES string of the molecule is CC(C)=CC1C[C@H](C)CCO1. The number of hydrogen-bond donors (Lipinski definition) is 0. The zero-order valence-electron chi connectivity index (χ0n) is 7.76. The van der Waals surface area contributed by atoms with Crippen LogP contribution in [0.25, 0.3) is 0 Å². The zero-order valence-corrected chi connectivity index (χ0v) is 7.76. The highest BCUT2D eigenvalue weighted by Crippen LogP contribution is 2.20. The molecule has 0 aromatic heterocycles. The van der Waals surface area contributed by atoms with E-state index in [9.17, 15) is 0 Å². The first kappa shape index (κ1) is 8.79. The van der Waals surface area contributed by atoms with Crippen molar-refractivity contribution in [2.75, 3.05) is 6.61 Å². The van der Waals surface area contributed by atoms with E-state index in [1.807, 2.05) is 0 Å². The lowest BCUT2D eigenvalue weighted by molar-refractivity contribution is 0.0235. The Morgan fingerprint density at radius 3 is 2.73 bits per heavy atom. The van der Waals surface area contributed by atoms with E-state index in [4.69, 9.17) is 4.74 Å². The number of ether oxygens (including phenoxy) is 1. The fraction of sp³-hybridized carbons (Fsp3) is 0.800. The number of rotatable bonds is 1. The van der Waals surface area contributed by atoms with E-state index in [1.54, 1.807) is 0 Å². The van der Waals surface area contributed by atoms with Crippen LogP contribution < -0.4 is 0 Å². The Labute approximate surface area is 69.4 Å². The fourth-order valence-corrected chi connectivity index (χ4v) is 1.49. The van der Waals surface area contributed by atoms with Crippen LogP contribution in [0.2, 0.25) is 0 Å². The average molecular weight is 154 g/mol. The van der Waals surface area contributed by atoms with Gasteiger partial charge in [-0.1, -0.05) is 18.6 Å². The number of hydrogen-bond acceptors (Lipinski definition) is 1. The Morgan fingerprint density at radius 2 is 2.18 bits per heavy atom. The molecule has 1 unspecified atom stereocenters. The van der Waals surface area contributed by atoms with Crippen LogP contribution in [0.4, 0.5) is 0 Å². The van der Waals surface area contributed by atoms with Gasteiger partial charge in [-0.15, -0.1) is 0 Å². The van der Waals surface area contributed by atoms with Crippen molar-refractivity contribution in [3.63, 3.8) is 0 Å². The van der Waals surface area contributed by atoms with Gasteiger partial charge < -0.3 is 4.74 Å². The van der Waals surface area contributed by atoms with Crippen LogP contribution in [0.15, 0.2) is 11.6 Å². The fourth-order valence-electron chi connectivity index (χ4n) is 1.49. The third-order valence-electron chi connectivity index (χ3n) is 2.10. The molecule has 2 atom stereocenters. The summed E-state index contributed by atoms with van der Waals surface area (Å²) in [5.74, 6) is 0.837. The summed E-state index contributed by atoms with van der Waals surface area (Å²) in [6, 6.07) is 0. The van der Waals surface area contributed by atoms with E-state index in [0.29, 0.717) is 6.10 Å². The molecule has 1 saturated heterocycles. The van der Waals surface area contributed by atoms with Crippen molar-refractivity contribution in [1.29, 1.82) is 0 Å². The normalized spacial score (nSPS) is 31.5. The molecule has 64 valence electrons. The molecule has 1 fully saturated rings. The van der Waals surface area contributed by atoms with Gasteiger partial charge in [0.2, 0.25) is 0 Å². The van der Waals surface area contributed by atoms with Crippen molar-refractivity contribution in [3.8, 4) is 0 Å². The zero-order chi connectivity index (χ0) is 8.27. The van der Waals surface area contributed by atoms with E-state index in [1.165, 1.54) is 18.4 Å². The standard InChI is InChI=1S/C10H18O/c1-8(2)6-10-7-9(3)4-5-11-10/h6,9-10H,4-5,7H2,1-3H3/t9-,10?/m1/s1. The Bertz CT molecular complexity index is 145. The van der Waals surface area contributed by atoms with Crippen LogP contribution in [-0.2, 0) is 4.74 Å². The second-order valence-corrected chi connectivity index (χ2v) is 3.78. The Hall–Kier alpha value is -0.300. The van der Waals surface area contributed by atoms with Gasteiger partial charge >= 0.3 is 0 Å². The second kappa shape index (κ2) is 3.91. The maximum Gasteiger partial charge on any atom is 0.0760 e. The summed E-state index contributed by atoms with van der Waals surface area (Å²) in [6.45, 7) is 7.50. The smallest absolute Gasteiger partial charge is 0.0760 e. The van der Waals surface area contributed by atoms with Crippen LogP contribution >= 0.6 is 0 Å². The molecule has 0 aliphatic carbocycles. The van der Waals surface area contributed by atoms with Gasteiger partial charge in [0.25, 0.3) is 0 Å². The van der Waals surface area contributed by atoms with Crippen molar-refractivity contribution < 1.29 is 4.74 Å². The van der Waals surface area contributed by atoms with E-state index in [2.05, 4.69) is 26.8 Å². The molecule has 0 aromatic rings. The Morgan fingerprint density at radius 1 is 1.45 bits per heavy atom. The van der Waals surface area contributed by atoms with Crippen LogP contribution in [-0.4, -0.2) is 12.7 Å². The molecule has 0 radical (unpaired) electrons. The third-order valence-corrected chi connectivity index (χ3v) is 2.10. The Balaban J connectivity index is 2.40. The maximum atomic E-state index is 5.58. The van der Waals surface area contributed by atoms with Crippen LogP contribution in [0.5, 0.6) is 0 Å². The molecule has 1 heteroatoms. The van der Waals surface area contributed by atoms with Gasteiger partial charge in [-0.05, 0) is 32.6 Å². The molecular formula is C10H18O. The topological polar surface area (TPSA) is 9.23 Å². The van der Waals surface area contributed by atoms with E-state index < -0.39 is 0 Å². The summed E-state index contributed by atoms with van der Waals surface area (Å²) >= 11 is 0. The minimum Gasteiger partial charge on any atom is -0.374 e. The largest absolute Gasteiger partial charge is 0.374 e. The molecule has 1 nitrogen and oxygen atoms in total. The summed E-state index contributed by atoms with van der Waals surface area (Å²) in [5, 5.41) is 0. The van der Waals surface area contributed by atoms with Gasteiger partial charge in [-0.3, -0.25) is 0 Å². The molecule has 0 N–H and O–H groups in total. The highest BCUT2D eigenvalue weighted by molar-refractivity contribution is 4.99. The van der Waals surface area contributed by atoms with Gasteiger partial charge in [0, 0.05) is 6.61 Å². The van der Waals surface area contributed by atoms with Gasteiger partial charge in [0.05, 0.1) is 6.10 Å². The lowest BCUT2D eigenvalue weighted by Crippen LogP contribution is -2.22. The predicted octanol–water partition coefficient (Wildman–Crippen LogP) is 2.77. The summed E-state index contributed by atoms with van der Waals surface area (Å²) in [7, 11) is 0. The summed E-state index contributed by atoms with van der Waals surface area (Å²) < 4.78 is 5.58. The van der Waals surface area contributed by atoms with E-state index >= 15 is 0 Å². The highest BCUT2D eigenvalue weighted by atomic mass is 16.5. The monoisotopic (exact) mass is 154 g/mol. The van der Waals surface area contributed by atoms with Crippen molar-refractivity contribution in [1.82, 2.24) is 0 Å². The molecule has 0 spiro atoms. The highest BCUT2D eigenvalue weighted by Gasteiger charge is 2.16. The Kier molecular flexibility index (Phi) is 3.13. The molecule has 0 bridgehead atoms. The van der Waals surface area contributed by atoms with Crippen molar-refractivity contribution >= 4 is 0 Å². The summed E-state index contributed by atoms with van der Waals surface area (Å²) in [5.41, 5.74) is 1.36. The van der Waals surface area contributed by atoms with Crippen LogP contribution in [0.3, 0.4) is 0 Å². The second-order valence-electron chi connectivity index (χ2n) is 3.78. The molecule has 0 saturated carbocycles. The molecule has 11 heavy (non-hydrogen) atoms. The quantitative estimate of drug-likeness (QED) is 0.528. The molecule has 0 amide bonds.